The number of carbonyl (C=O) groups is 1. The lowest BCUT2D eigenvalue weighted by molar-refractivity contribution is 0.102. The SMILES string of the molecule is O=C(Nc1ccc(OCc2ccccc2)cc1)c1coc(C2CCNCC2)n1. The molecule has 0 unspecified atom stereocenters. The summed E-state index contributed by atoms with van der Waals surface area (Å²) in [6.07, 6.45) is 3.39. The van der Waals surface area contributed by atoms with E-state index in [0.29, 0.717) is 23.9 Å². The smallest absolute Gasteiger partial charge is 0.277 e. The quantitative estimate of drug-likeness (QED) is 0.680. The molecule has 6 nitrogen and oxygen atoms in total. The van der Waals surface area contributed by atoms with Gasteiger partial charge in [0.05, 0.1) is 0 Å². The Morgan fingerprint density at radius 1 is 1.11 bits per heavy atom. The molecule has 1 fully saturated rings. The second kappa shape index (κ2) is 8.71. The number of rotatable bonds is 6. The molecule has 1 amide bonds. The van der Waals surface area contributed by atoms with E-state index in [4.69, 9.17) is 9.15 Å². The number of carbonyl (C=O) groups excluding carboxylic acids is 1. The van der Waals surface area contributed by atoms with Crippen LogP contribution in [0.5, 0.6) is 5.75 Å². The third-order valence-corrected chi connectivity index (χ3v) is 4.80. The molecular formula is C22H23N3O3. The number of oxazole rings is 1. The number of anilines is 1. The van der Waals surface area contributed by atoms with E-state index >= 15 is 0 Å². The third-order valence-electron chi connectivity index (χ3n) is 4.80. The molecule has 3 aromatic rings. The molecule has 2 N–H and O–H groups in total. The van der Waals surface area contributed by atoms with Crippen LogP contribution in [-0.2, 0) is 6.61 Å². The van der Waals surface area contributed by atoms with E-state index in [1.165, 1.54) is 6.26 Å². The summed E-state index contributed by atoms with van der Waals surface area (Å²) in [4.78, 5) is 16.8. The molecule has 1 saturated heterocycles. The molecule has 1 aliphatic rings. The van der Waals surface area contributed by atoms with Crippen LogP contribution in [0.2, 0.25) is 0 Å². The van der Waals surface area contributed by atoms with Gasteiger partial charge in [-0.2, -0.15) is 0 Å². The van der Waals surface area contributed by atoms with Crippen LogP contribution in [0.4, 0.5) is 5.69 Å². The second-order valence-corrected chi connectivity index (χ2v) is 6.85. The molecule has 6 heteroatoms. The number of hydrogen-bond acceptors (Lipinski definition) is 5. The monoisotopic (exact) mass is 377 g/mol. The van der Waals surface area contributed by atoms with E-state index in [1.807, 2.05) is 54.6 Å². The van der Waals surface area contributed by atoms with E-state index in [1.54, 1.807) is 0 Å². The molecule has 28 heavy (non-hydrogen) atoms. The van der Waals surface area contributed by atoms with Crippen molar-refractivity contribution in [2.45, 2.75) is 25.4 Å². The van der Waals surface area contributed by atoms with Crippen molar-refractivity contribution in [1.29, 1.82) is 0 Å². The number of amides is 1. The van der Waals surface area contributed by atoms with Crippen molar-refractivity contribution in [1.82, 2.24) is 10.3 Å². The fraction of sp³-hybridized carbons (Fsp3) is 0.273. The first-order valence-corrected chi connectivity index (χ1v) is 9.52. The van der Waals surface area contributed by atoms with Crippen LogP contribution in [0, 0.1) is 0 Å². The summed E-state index contributed by atoms with van der Waals surface area (Å²) in [5.41, 5.74) is 2.09. The molecule has 2 aromatic carbocycles. The Morgan fingerprint density at radius 3 is 2.61 bits per heavy atom. The van der Waals surface area contributed by atoms with Crippen molar-refractivity contribution >= 4 is 11.6 Å². The Kier molecular flexibility index (Phi) is 5.68. The van der Waals surface area contributed by atoms with Gasteiger partial charge in [0.25, 0.3) is 5.91 Å². The summed E-state index contributed by atoms with van der Waals surface area (Å²) >= 11 is 0. The average molecular weight is 377 g/mol. The molecule has 0 saturated carbocycles. The highest BCUT2D eigenvalue weighted by Crippen LogP contribution is 2.24. The molecule has 0 radical (unpaired) electrons. The van der Waals surface area contributed by atoms with Crippen LogP contribution < -0.4 is 15.4 Å². The zero-order valence-corrected chi connectivity index (χ0v) is 15.6. The van der Waals surface area contributed by atoms with Crippen molar-refractivity contribution in [3.8, 4) is 5.75 Å². The number of hydrogen-bond donors (Lipinski definition) is 2. The first kappa shape index (κ1) is 18.3. The Bertz CT molecular complexity index is 900. The summed E-state index contributed by atoms with van der Waals surface area (Å²) in [5.74, 6) is 1.40. The molecule has 4 rings (SSSR count). The van der Waals surface area contributed by atoms with Crippen LogP contribution in [-0.4, -0.2) is 24.0 Å². The number of nitrogens with one attached hydrogen (secondary N) is 2. The first-order chi connectivity index (χ1) is 13.8. The molecule has 0 bridgehead atoms. The summed E-state index contributed by atoms with van der Waals surface area (Å²) < 4.78 is 11.3. The summed E-state index contributed by atoms with van der Waals surface area (Å²) in [7, 11) is 0. The van der Waals surface area contributed by atoms with Gasteiger partial charge in [0.1, 0.15) is 18.6 Å². The van der Waals surface area contributed by atoms with Crippen LogP contribution in [0.3, 0.4) is 0 Å². The molecule has 1 aliphatic heterocycles. The zero-order chi connectivity index (χ0) is 19.2. The standard InChI is InChI=1S/C22H23N3O3/c26-21(20-15-28-22(25-20)17-10-12-23-13-11-17)24-18-6-8-19(9-7-18)27-14-16-4-2-1-3-5-16/h1-9,15,17,23H,10-14H2,(H,24,26). The topological polar surface area (TPSA) is 76.4 Å². The average Bonchev–Trinajstić information content (AvgIpc) is 3.25. The van der Waals surface area contributed by atoms with Crippen molar-refractivity contribution in [3.63, 3.8) is 0 Å². The molecular weight excluding hydrogens is 354 g/mol. The third kappa shape index (κ3) is 4.58. The highest BCUT2D eigenvalue weighted by Gasteiger charge is 2.22. The zero-order valence-electron chi connectivity index (χ0n) is 15.6. The van der Waals surface area contributed by atoms with Gasteiger partial charge in [-0.15, -0.1) is 0 Å². The van der Waals surface area contributed by atoms with Crippen LogP contribution >= 0.6 is 0 Å². The largest absolute Gasteiger partial charge is 0.489 e. The number of ether oxygens (including phenoxy) is 1. The van der Waals surface area contributed by atoms with Gasteiger partial charge in [0.15, 0.2) is 11.6 Å². The van der Waals surface area contributed by atoms with E-state index < -0.39 is 0 Å². The van der Waals surface area contributed by atoms with E-state index in [0.717, 1.165) is 37.2 Å². The lowest BCUT2D eigenvalue weighted by Crippen LogP contribution is -2.26. The van der Waals surface area contributed by atoms with Crippen molar-refractivity contribution < 1.29 is 13.9 Å². The minimum absolute atomic E-state index is 0.276. The number of nitrogens with zero attached hydrogens (tertiary/aromatic N) is 1. The predicted molar refractivity (Wildman–Crippen MR) is 107 cm³/mol. The molecule has 2 heterocycles. The lowest BCUT2D eigenvalue weighted by atomic mass is 9.98. The van der Waals surface area contributed by atoms with E-state index in [2.05, 4.69) is 15.6 Å². The van der Waals surface area contributed by atoms with Crippen LogP contribution in [0.25, 0.3) is 0 Å². The van der Waals surface area contributed by atoms with Gasteiger partial charge in [0.2, 0.25) is 0 Å². The summed E-state index contributed by atoms with van der Waals surface area (Å²) in [6.45, 7) is 2.41. The number of aromatic nitrogens is 1. The van der Waals surface area contributed by atoms with Crippen LogP contribution in [0.15, 0.2) is 65.3 Å². The molecule has 144 valence electrons. The Hall–Kier alpha value is -3.12. The van der Waals surface area contributed by atoms with Gasteiger partial charge in [-0.25, -0.2) is 4.98 Å². The minimum Gasteiger partial charge on any atom is -0.489 e. The number of piperidine rings is 1. The van der Waals surface area contributed by atoms with Gasteiger partial charge in [0, 0.05) is 11.6 Å². The van der Waals surface area contributed by atoms with Gasteiger partial charge in [-0.3, -0.25) is 4.79 Å². The van der Waals surface area contributed by atoms with Crippen molar-refractivity contribution in [3.05, 3.63) is 78.0 Å². The lowest BCUT2D eigenvalue weighted by Gasteiger charge is -2.19. The fourth-order valence-electron chi connectivity index (χ4n) is 3.22. The van der Waals surface area contributed by atoms with Gasteiger partial charge < -0.3 is 19.8 Å². The summed E-state index contributed by atoms with van der Waals surface area (Å²) in [6, 6.07) is 17.3. The molecule has 0 atom stereocenters. The Labute approximate surface area is 163 Å². The number of benzene rings is 2. The molecule has 0 aliphatic carbocycles. The summed E-state index contributed by atoms with van der Waals surface area (Å²) in [5, 5.41) is 6.16. The van der Waals surface area contributed by atoms with Crippen molar-refractivity contribution in [2.75, 3.05) is 18.4 Å². The van der Waals surface area contributed by atoms with E-state index in [-0.39, 0.29) is 11.8 Å². The normalized spacial score (nSPS) is 14.6. The van der Waals surface area contributed by atoms with E-state index in [9.17, 15) is 4.79 Å². The fourth-order valence-corrected chi connectivity index (χ4v) is 3.22. The van der Waals surface area contributed by atoms with Gasteiger partial charge in [-0.05, 0) is 55.8 Å². The van der Waals surface area contributed by atoms with Gasteiger partial charge >= 0.3 is 0 Å². The van der Waals surface area contributed by atoms with Crippen LogP contribution in [0.1, 0.15) is 40.7 Å². The predicted octanol–water partition coefficient (Wildman–Crippen LogP) is 3.97. The minimum atomic E-state index is -0.276. The maximum absolute atomic E-state index is 12.4. The van der Waals surface area contributed by atoms with Gasteiger partial charge in [-0.1, -0.05) is 30.3 Å². The molecule has 1 aromatic heterocycles. The first-order valence-electron chi connectivity index (χ1n) is 9.52. The Balaban J connectivity index is 1.32. The second-order valence-electron chi connectivity index (χ2n) is 6.85. The maximum atomic E-state index is 12.4. The highest BCUT2D eigenvalue weighted by molar-refractivity contribution is 6.02. The molecule has 0 spiro atoms. The maximum Gasteiger partial charge on any atom is 0.277 e. The highest BCUT2D eigenvalue weighted by atomic mass is 16.5. The van der Waals surface area contributed by atoms with Crippen molar-refractivity contribution in [2.24, 2.45) is 0 Å². The Morgan fingerprint density at radius 2 is 1.86 bits per heavy atom.